The van der Waals surface area contributed by atoms with Crippen LogP contribution >= 0.6 is 0 Å². The molecule has 0 saturated carbocycles. The zero-order valence-corrected chi connectivity index (χ0v) is 12.9. The molecule has 0 saturated heterocycles. The number of carbonyl (C=O) groups is 1. The third-order valence-electron chi connectivity index (χ3n) is 3.52. The number of nitrogens with one attached hydrogen (secondary N) is 1. The molecular weight excluding hydrogens is 300 g/mol. The Morgan fingerprint density at radius 2 is 2.04 bits per heavy atom. The minimum atomic E-state index is -1.09. The molecule has 0 aliphatic carbocycles. The molecule has 0 fully saturated rings. The quantitative estimate of drug-likeness (QED) is 0.622. The van der Waals surface area contributed by atoms with E-state index in [-0.39, 0.29) is 18.2 Å². The SMILES string of the molecule is CC(C)(C(=O)Nc1ccc(CCO)cc1)n1cc([N+](=O)[O-])cn1. The first-order valence-corrected chi connectivity index (χ1v) is 7.05. The lowest BCUT2D eigenvalue weighted by Gasteiger charge is -2.23. The number of nitro groups is 1. The molecule has 2 N–H and O–H groups in total. The fourth-order valence-electron chi connectivity index (χ4n) is 1.99. The molecule has 0 spiro atoms. The summed E-state index contributed by atoms with van der Waals surface area (Å²) in [6.45, 7) is 3.31. The first kappa shape index (κ1) is 16.6. The standard InChI is InChI=1S/C15H18N4O4/c1-15(2,18-10-13(9-16-18)19(22)23)14(21)17-12-5-3-11(4-6-12)7-8-20/h3-6,9-10,20H,7-8H2,1-2H3,(H,17,21). The van der Waals surface area contributed by atoms with Gasteiger partial charge in [0, 0.05) is 12.3 Å². The summed E-state index contributed by atoms with van der Waals surface area (Å²) in [7, 11) is 0. The van der Waals surface area contributed by atoms with Crippen molar-refractivity contribution in [2.24, 2.45) is 0 Å². The van der Waals surface area contributed by atoms with Crippen LogP contribution in [0, 0.1) is 10.1 Å². The summed E-state index contributed by atoms with van der Waals surface area (Å²) in [6, 6.07) is 7.12. The van der Waals surface area contributed by atoms with Gasteiger partial charge in [0.1, 0.15) is 17.9 Å². The maximum absolute atomic E-state index is 12.4. The lowest BCUT2D eigenvalue weighted by Crippen LogP contribution is -2.40. The minimum absolute atomic E-state index is 0.0663. The van der Waals surface area contributed by atoms with Crippen molar-refractivity contribution >= 4 is 17.3 Å². The van der Waals surface area contributed by atoms with Gasteiger partial charge in [-0.3, -0.25) is 19.6 Å². The van der Waals surface area contributed by atoms with Gasteiger partial charge in [-0.1, -0.05) is 12.1 Å². The number of hydrogen-bond acceptors (Lipinski definition) is 5. The van der Waals surface area contributed by atoms with Crippen molar-refractivity contribution in [1.29, 1.82) is 0 Å². The highest BCUT2D eigenvalue weighted by Crippen LogP contribution is 2.21. The van der Waals surface area contributed by atoms with Gasteiger partial charge in [0.25, 0.3) is 5.91 Å². The van der Waals surface area contributed by atoms with Gasteiger partial charge in [-0.05, 0) is 38.0 Å². The van der Waals surface area contributed by atoms with E-state index in [2.05, 4.69) is 10.4 Å². The predicted octanol–water partition coefficient (Wildman–Crippen LogP) is 1.70. The Labute approximate surface area is 132 Å². The summed E-state index contributed by atoms with van der Waals surface area (Å²) in [5.41, 5.74) is 0.316. The summed E-state index contributed by atoms with van der Waals surface area (Å²) in [5, 5.41) is 26.3. The van der Waals surface area contributed by atoms with Crippen molar-refractivity contribution in [1.82, 2.24) is 9.78 Å². The van der Waals surface area contributed by atoms with E-state index in [4.69, 9.17) is 5.11 Å². The Hall–Kier alpha value is -2.74. The number of amides is 1. The molecule has 1 amide bonds. The van der Waals surface area contributed by atoms with Crippen LogP contribution in [0.2, 0.25) is 0 Å². The lowest BCUT2D eigenvalue weighted by atomic mass is 10.0. The topological polar surface area (TPSA) is 110 Å². The second-order valence-corrected chi connectivity index (χ2v) is 5.58. The van der Waals surface area contributed by atoms with Crippen molar-refractivity contribution in [2.45, 2.75) is 25.8 Å². The van der Waals surface area contributed by atoms with E-state index in [0.717, 1.165) is 11.8 Å². The number of aromatic nitrogens is 2. The normalized spacial score (nSPS) is 11.3. The highest BCUT2D eigenvalue weighted by molar-refractivity contribution is 5.96. The Morgan fingerprint density at radius 3 is 2.57 bits per heavy atom. The Bertz CT molecular complexity index is 707. The van der Waals surface area contributed by atoms with Gasteiger partial charge < -0.3 is 10.4 Å². The number of hydrogen-bond donors (Lipinski definition) is 2. The fraction of sp³-hybridized carbons (Fsp3) is 0.333. The minimum Gasteiger partial charge on any atom is -0.396 e. The molecule has 0 unspecified atom stereocenters. The molecule has 1 heterocycles. The van der Waals surface area contributed by atoms with E-state index >= 15 is 0 Å². The summed E-state index contributed by atoms with van der Waals surface area (Å²) in [5.74, 6) is -0.342. The number of aliphatic hydroxyl groups excluding tert-OH is 1. The maximum atomic E-state index is 12.4. The van der Waals surface area contributed by atoms with Crippen molar-refractivity contribution in [3.8, 4) is 0 Å². The zero-order valence-electron chi connectivity index (χ0n) is 12.9. The van der Waals surface area contributed by atoms with Gasteiger partial charge in [0.05, 0.1) is 4.92 Å². The number of aliphatic hydroxyl groups is 1. The van der Waals surface area contributed by atoms with Crippen LogP contribution in [0.15, 0.2) is 36.7 Å². The van der Waals surface area contributed by atoms with Gasteiger partial charge >= 0.3 is 5.69 Å². The summed E-state index contributed by atoms with van der Waals surface area (Å²) in [6.07, 6.45) is 2.89. The second-order valence-electron chi connectivity index (χ2n) is 5.58. The summed E-state index contributed by atoms with van der Waals surface area (Å²) >= 11 is 0. The molecule has 23 heavy (non-hydrogen) atoms. The molecule has 8 nitrogen and oxygen atoms in total. The van der Waals surface area contributed by atoms with E-state index in [1.165, 1.54) is 10.9 Å². The molecule has 122 valence electrons. The van der Waals surface area contributed by atoms with E-state index in [9.17, 15) is 14.9 Å². The number of carbonyl (C=O) groups excluding carboxylic acids is 1. The van der Waals surface area contributed by atoms with Crippen molar-refractivity contribution in [3.63, 3.8) is 0 Å². The van der Waals surface area contributed by atoms with E-state index in [1.807, 2.05) is 12.1 Å². The molecule has 1 aromatic carbocycles. The molecule has 1 aromatic heterocycles. The Morgan fingerprint density at radius 1 is 1.39 bits per heavy atom. The Balaban J connectivity index is 2.12. The first-order valence-electron chi connectivity index (χ1n) is 7.05. The average molecular weight is 318 g/mol. The van der Waals surface area contributed by atoms with Crippen molar-refractivity contribution in [3.05, 3.63) is 52.3 Å². The van der Waals surface area contributed by atoms with E-state index < -0.39 is 10.5 Å². The van der Waals surface area contributed by atoms with Gasteiger partial charge in [-0.2, -0.15) is 5.10 Å². The molecular formula is C15H18N4O4. The lowest BCUT2D eigenvalue weighted by molar-refractivity contribution is -0.385. The van der Waals surface area contributed by atoms with Gasteiger partial charge in [-0.15, -0.1) is 0 Å². The predicted molar refractivity (Wildman–Crippen MR) is 84.1 cm³/mol. The number of anilines is 1. The third kappa shape index (κ3) is 3.72. The molecule has 2 aromatic rings. The van der Waals surface area contributed by atoms with Crippen LogP contribution in [-0.4, -0.2) is 32.3 Å². The molecule has 0 bridgehead atoms. The largest absolute Gasteiger partial charge is 0.396 e. The molecule has 2 rings (SSSR count). The monoisotopic (exact) mass is 318 g/mol. The molecule has 0 radical (unpaired) electrons. The van der Waals surface area contributed by atoms with Crippen LogP contribution in [-0.2, 0) is 16.8 Å². The zero-order chi connectivity index (χ0) is 17.0. The highest BCUT2D eigenvalue weighted by atomic mass is 16.6. The smallest absolute Gasteiger partial charge is 0.307 e. The molecule has 0 aliphatic heterocycles. The van der Waals surface area contributed by atoms with Gasteiger partial charge in [-0.25, -0.2) is 0 Å². The van der Waals surface area contributed by atoms with Crippen LogP contribution in [0.4, 0.5) is 11.4 Å². The third-order valence-corrected chi connectivity index (χ3v) is 3.52. The highest BCUT2D eigenvalue weighted by Gasteiger charge is 2.32. The average Bonchev–Trinajstić information content (AvgIpc) is 3.00. The molecule has 0 atom stereocenters. The van der Waals surface area contributed by atoms with Gasteiger partial charge in [0.2, 0.25) is 0 Å². The molecule has 0 aliphatic rings. The molecule has 8 heteroatoms. The number of benzene rings is 1. The first-order chi connectivity index (χ1) is 10.8. The van der Waals surface area contributed by atoms with Crippen LogP contribution < -0.4 is 5.32 Å². The fourth-order valence-corrected chi connectivity index (χ4v) is 1.99. The van der Waals surface area contributed by atoms with Gasteiger partial charge in [0.15, 0.2) is 0 Å². The van der Waals surface area contributed by atoms with Crippen LogP contribution in [0.3, 0.4) is 0 Å². The number of nitrogens with zero attached hydrogens (tertiary/aromatic N) is 3. The second kappa shape index (κ2) is 6.57. The maximum Gasteiger partial charge on any atom is 0.307 e. The van der Waals surface area contributed by atoms with Crippen LogP contribution in [0.1, 0.15) is 19.4 Å². The summed E-state index contributed by atoms with van der Waals surface area (Å²) in [4.78, 5) is 22.6. The summed E-state index contributed by atoms with van der Waals surface area (Å²) < 4.78 is 1.26. The van der Waals surface area contributed by atoms with E-state index in [1.54, 1.807) is 26.0 Å². The van der Waals surface area contributed by atoms with Crippen LogP contribution in [0.5, 0.6) is 0 Å². The number of rotatable bonds is 6. The Kier molecular flexibility index (Phi) is 4.75. The van der Waals surface area contributed by atoms with E-state index in [0.29, 0.717) is 12.1 Å². The van der Waals surface area contributed by atoms with Crippen molar-refractivity contribution in [2.75, 3.05) is 11.9 Å². The van der Waals surface area contributed by atoms with Crippen molar-refractivity contribution < 1.29 is 14.8 Å². The van der Waals surface area contributed by atoms with Crippen LogP contribution in [0.25, 0.3) is 0 Å².